The highest BCUT2D eigenvalue weighted by molar-refractivity contribution is 7.10. The van der Waals surface area contributed by atoms with Crippen LogP contribution in [0.1, 0.15) is 16.3 Å². The van der Waals surface area contributed by atoms with Crippen LogP contribution < -0.4 is 5.32 Å². The summed E-state index contributed by atoms with van der Waals surface area (Å²) >= 11 is 1.52. The number of hydrogen-bond donors (Lipinski definition) is 2. The van der Waals surface area contributed by atoms with Crippen molar-refractivity contribution in [2.75, 3.05) is 5.32 Å². The molecule has 0 spiro atoms. The first-order valence-corrected chi connectivity index (χ1v) is 9.37. The van der Waals surface area contributed by atoms with Crippen molar-refractivity contribution in [2.45, 2.75) is 20.3 Å². The molecule has 0 saturated carbocycles. The van der Waals surface area contributed by atoms with Gasteiger partial charge >= 0.3 is 0 Å². The van der Waals surface area contributed by atoms with E-state index in [9.17, 15) is 4.79 Å². The first kappa shape index (κ1) is 16.5. The Bertz CT molecular complexity index is 1090. The standard InChI is InChI=1S/C21H19N3OS/c1-13-7-3-5-9-16(13)23-19(25)11-20-24-18(12-26-20)21-14(2)22-17-10-6-4-8-15(17)21/h3-10,12,22H,11H2,1-2H3,(H,23,25). The number of benzene rings is 2. The number of carbonyl (C=O) groups excluding carboxylic acids is 1. The van der Waals surface area contributed by atoms with E-state index in [4.69, 9.17) is 4.98 Å². The van der Waals surface area contributed by atoms with Gasteiger partial charge in [0.15, 0.2) is 0 Å². The SMILES string of the molecule is Cc1ccccc1NC(=O)Cc1nc(-c2c(C)[nH]c3ccccc23)cs1. The number of anilines is 1. The number of amides is 1. The number of nitrogens with zero attached hydrogens (tertiary/aromatic N) is 1. The molecule has 0 aliphatic heterocycles. The van der Waals surface area contributed by atoms with E-state index in [1.165, 1.54) is 11.3 Å². The number of H-pyrrole nitrogens is 1. The van der Waals surface area contributed by atoms with Crippen LogP contribution in [-0.2, 0) is 11.2 Å². The molecule has 0 atom stereocenters. The molecule has 4 rings (SSSR count). The Labute approximate surface area is 155 Å². The second-order valence-corrected chi connectivity index (χ2v) is 7.28. The quantitative estimate of drug-likeness (QED) is 0.532. The van der Waals surface area contributed by atoms with Crippen molar-refractivity contribution in [3.05, 3.63) is 70.2 Å². The van der Waals surface area contributed by atoms with Crippen LogP contribution in [0.3, 0.4) is 0 Å². The maximum atomic E-state index is 12.4. The van der Waals surface area contributed by atoms with E-state index in [0.29, 0.717) is 0 Å². The molecule has 2 aromatic carbocycles. The van der Waals surface area contributed by atoms with E-state index < -0.39 is 0 Å². The lowest BCUT2D eigenvalue weighted by Crippen LogP contribution is -2.14. The summed E-state index contributed by atoms with van der Waals surface area (Å²) in [6.07, 6.45) is 0.278. The van der Waals surface area contributed by atoms with Gasteiger partial charge in [-0.2, -0.15) is 0 Å². The molecule has 0 fully saturated rings. The molecule has 1 amide bonds. The largest absolute Gasteiger partial charge is 0.358 e. The summed E-state index contributed by atoms with van der Waals surface area (Å²) in [5.41, 5.74) is 6.13. The summed E-state index contributed by atoms with van der Waals surface area (Å²) in [6, 6.07) is 16.0. The molecule has 26 heavy (non-hydrogen) atoms. The van der Waals surface area contributed by atoms with Gasteiger partial charge in [-0.15, -0.1) is 11.3 Å². The monoisotopic (exact) mass is 361 g/mol. The van der Waals surface area contributed by atoms with E-state index in [-0.39, 0.29) is 12.3 Å². The normalized spacial score (nSPS) is 11.0. The lowest BCUT2D eigenvalue weighted by Gasteiger charge is -2.06. The zero-order chi connectivity index (χ0) is 18.1. The highest BCUT2D eigenvalue weighted by Gasteiger charge is 2.15. The summed E-state index contributed by atoms with van der Waals surface area (Å²) in [5, 5.41) is 6.97. The predicted molar refractivity (Wildman–Crippen MR) is 108 cm³/mol. The average Bonchev–Trinajstić information content (AvgIpc) is 3.19. The van der Waals surface area contributed by atoms with Gasteiger partial charge in [0, 0.05) is 33.2 Å². The number of fused-ring (bicyclic) bond motifs is 1. The van der Waals surface area contributed by atoms with Gasteiger partial charge in [-0.25, -0.2) is 4.98 Å². The van der Waals surface area contributed by atoms with E-state index in [1.54, 1.807) is 0 Å². The molecule has 2 aromatic heterocycles. The Hall–Kier alpha value is -2.92. The van der Waals surface area contributed by atoms with Gasteiger partial charge in [0.1, 0.15) is 5.01 Å². The van der Waals surface area contributed by atoms with Gasteiger partial charge in [-0.05, 0) is 31.5 Å². The molecule has 2 N–H and O–H groups in total. The maximum Gasteiger partial charge on any atom is 0.231 e. The van der Waals surface area contributed by atoms with E-state index in [2.05, 4.69) is 29.4 Å². The van der Waals surface area contributed by atoms with Gasteiger partial charge in [-0.1, -0.05) is 36.4 Å². The van der Waals surface area contributed by atoms with Crippen molar-refractivity contribution >= 4 is 33.8 Å². The molecule has 130 valence electrons. The number of para-hydroxylation sites is 2. The van der Waals surface area contributed by atoms with Crippen LogP contribution in [0.5, 0.6) is 0 Å². The lowest BCUT2D eigenvalue weighted by molar-refractivity contribution is -0.115. The van der Waals surface area contributed by atoms with E-state index in [1.807, 2.05) is 48.7 Å². The Morgan fingerprint density at radius 1 is 1.12 bits per heavy atom. The molecule has 4 nitrogen and oxygen atoms in total. The molecule has 0 radical (unpaired) electrons. The summed E-state index contributed by atoms with van der Waals surface area (Å²) in [5.74, 6) is -0.0455. The highest BCUT2D eigenvalue weighted by Crippen LogP contribution is 2.32. The highest BCUT2D eigenvalue weighted by atomic mass is 32.1. The third-order valence-corrected chi connectivity index (χ3v) is 5.28. The number of aryl methyl sites for hydroxylation is 2. The molecule has 2 heterocycles. The number of carbonyl (C=O) groups is 1. The van der Waals surface area contributed by atoms with Crippen molar-refractivity contribution in [3.8, 4) is 11.3 Å². The number of nitrogens with one attached hydrogen (secondary N) is 2. The smallest absolute Gasteiger partial charge is 0.231 e. The van der Waals surface area contributed by atoms with Gasteiger partial charge in [0.2, 0.25) is 5.91 Å². The van der Waals surface area contributed by atoms with E-state index >= 15 is 0 Å². The fourth-order valence-corrected chi connectivity index (χ4v) is 3.94. The number of aromatic nitrogens is 2. The second kappa shape index (κ2) is 6.77. The maximum absolute atomic E-state index is 12.4. The third kappa shape index (κ3) is 3.13. The van der Waals surface area contributed by atoms with Gasteiger partial charge in [0.25, 0.3) is 0 Å². The Morgan fingerprint density at radius 2 is 1.88 bits per heavy atom. The Morgan fingerprint density at radius 3 is 2.73 bits per heavy atom. The van der Waals surface area contributed by atoms with Crippen molar-refractivity contribution in [1.82, 2.24) is 9.97 Å². The molecule has 5 heteroatoms. The van der Waals surface area contributed by atoms with Crippen LogP contribution in [0.4, 0.5) is 5.69 Å². The minimum atomic E-state index is -0.0455. The first-order chi connectivity index (χ1) is 12.6. The predicted octanol–water partition coefficient (Wildman–Crippen LogP) is 5.09. The molecule has 4 aromatic rings. The number of hydrogen-bond acceptors (Lipinski definition) is 3. The summed E-state index contributed by atoms with van der Waals surface area (Å²) in [7, 11) is 0. The van der Waals surface area contributed by atoms with Crippen LogP contribution in [0.15, 0.2) is 53.9 Å². The van der Waals surface area contributed by atoms with Crippen LogP contribution in [-0.4, -0.2) is 15.9 Å². The third-order valence-electron chi connectivity index (χ3n) is 4.43. The van der Waals surface area contributed by atoms with Crippen LogP contribution in [0.2, 0.25) is 0 Å². The van der Waals surface area contributed by atoms with Crippen molar-refractivity contribution in [3.63, 3.8) is 0 Å². The number of rotatable bonds is 4. The minimum absolute atomic E-state index is 0.0455. The van der Waals surface area contributed by atoms with Gasteiger partial charge in [0.05, 0.1) is 12.1 Å². The van der Waals surface area contributed by atoms with Crippen molar-refractivity contribution < 1.29 is 4.79 Å². The lowest BCUT2D eigenvalue weighted by atomic mass is 10.1. The first-order valence-electron chi connectivity index (χ1n) is 8.49. The molecule has 0 aliphatic rings. The fraction of sp³-hybridized carbons (Fsp3) is 0.143. The average molecular weight is 361 g/mol. The summed E-state index contributed by atoms with van der Waals surface area (Å²) in [6.45, 7) is 4.04. The van der Waals surface area contributed by atoms with E-state index in [0.717, 1.165) is 44.1 Å². The van der Waals surface area contributed by atoms with Crippen LogP contribution >= 0.6 is 11.3 Å². The Balaban J connectivity index is 1.55. The van der Waals surface area contributed by atoms with Gasteiger partial charge in [-0.3, -0.25) is 4.79 Å². The molecule has 0 bridgehead atoms. The number of aromatic amines is 1. The molecule has 0 saturated heterocycles. The summed E-state index contributed by atoms with van der Waals surface area (Å²) < 4.78 is 0. The van der Waals surface area contributed by atoms with Gasteiger partial charge < -0.3 is 10.3 Å². The number of thiazole rings is 1. The molecular weight excluding hydrogens is 342 g/mol. The topological polar surface area (TPSA) is 57.8 Å². The molecule has 0 unspecified atom stereocenters. The fourth-order valence-electron chi connectivity index (χ4n) is 3.16. The van der Waals surface area contributed by atoms with Crippen LogP contribution in [0, 0.1) is 13.8 Å². The zero-order valence-corrected chi connectivity index (χ0v) is 15.5. The van der Waals surface area contributed by atoms with Crippen LogP contribution in [0.25, 0.3) is 22.2 Å². The summed E-state index contributed by atoms with van der Waals surface area (Å²) in [4.78, 5) is 20.5. The second-order valence-electron chi connectivity index (χ2n) is 6.34. The Kier molecular flexibility index (Phi) is 4.31. The zero-order valence-electron chi connectivity index (χ0n) is 14.7. The molecular formula is C21H19N3OS. The molecule has 0 aliphatic carbocycles. The van der Waals surface area contributed by atoms with Crippen molar-refractivity contribution in [2.24, 2.45) is 0 Å². The van der Waals surface area contributed by atoms with Crippen molar-refractivity contribution in [1.29, 1.82) is 0 Å². The minimum Gasteiger partial charge on any atom is -0.358 e.